The number of sulfonamides is 1. The van der Waals surface area contributed by atoms with Crippen molar-refractivity contribution in [3.63, 3.8) is 0 Å². The van der Waals surface area contributed by atoms with Crippen molar-refractivity contribution in [1.29, 1.82) is 0 Å². The number of aliphatic hydroxyl groups is 2. The summed E-state index contributed by atoms with van der Waals surface area (Å²) >= 11 is 6.40. The minimum Gasteiger partial charge on any atom is -0.490 e. The molecule has 0 aromatic heterocycles. The van der Waals surface area contributed by atoms with Crippen LogP contribution in [-0.2, 0) is 21.9 Å². The fraction of sp³-hybridized carbons (Fsp3) is 0.559. The zero-order valence-electron chi connectivity index (χ0n) is 25.5. The number of benzene rings is 2. The lowest BCUT2D eigenvalue weighted by atomic mass is 9.54. The molecule has 2 aliphatic carbocycles. The molecule has 2 bridgehead atoms. The Morgan fingerprint density at radius 3 is 2.68 bits per heavy atom. The Balaban J connectivity index is 1.47. The van der Waals surface area contributed by atoms with Crippen molar-refractivity contribution in [1.82, 2.24) is 4.72 Å². The maximum atomic E-state index is 13.4. The van der Waals surface area contributed by atoms with Gasteiger partial charge in [0.2, 0.25) is 10.0 Å². The zero-order chi connectivity index (χ0) is 31.3. The van der Waals surface area contributed by atoms with Gasteiger partial charge < -0.3 is 19.8 Å². The minimum absolute atomic E-state index is 0.206. The van der Waals surface area contributed by atoms with Gasteiger partial charge in [-0.15, -0.1) is 0 Å². The third-order valence-corrected chi connectivity index (χ3v) is 12.9. The number of amides is 1. The van der Waals surface area contributed by atoms with Crippen molar-refractivity contribution in [2.75, 3.05) is 31.2 Å². The number of anilines is 1. The van der Waals surface area contributed by atoms with E-state index in [1.807, 2.05) is 12.1 Å². The maximum absolute atomic E-state index is 13.4. The number of allylic oxidation sites excluding steroid dienone is 1. The molecule has 1 unspecified atom stereocenters. The van der Waals surface area contributed by atoms with Crippen LogP contribution in [0.15, 0.2) is 48.6 Å². The fourth-order valence-corrected chi connectivity index (χ4v) is 9.82. The number of nitrogens with one attached hydrogen (secondary N) is 1. The van der Waals surface area contributed by atoms with Gasteiger partial charge in [-0.3, -0.25) is 4.79 Å². The molecule has 1 spiro atoms. The lowest BCUT2D eigenvalue weighted by molar-refractivity contribution is -0.116. The highest BCUT2D eigenvalue weighted by Crippen LogP contribution is 2.54. The number of aryl methyl sites for hydroxylation is 1. The predicted octanol–water partition coefficient (Wildman–Crippen LogP) is 5.14. The molecular weight excluding hydrogens is 600 g/mol. The summed E-state index contributed by atoms with van der Waals surface area (Å²) in [5.74, 6) is -0.234. The van der Waals surface area contributed by atoms with Gasteiger partial charge in [0.15, 0.2) is 0 Å². The van der Waals surface area contributed by atoms with Crippen LogP contribution in [0.4, 0.5) is 5.69 Å². The highest BCUT2D eigenvalue weighted by Gasteiger charge is 2.54. The first-order valence-electron chi connectivity index (χ1n) is 15.8. The van der Waals surface area contributed by atoms with E-state index in [4.69, 9.17) is 16.3 Å². The maximum Gasteiger partial charge on any atom is 0.264 e. The molecule has 1 amide bonds. The fourth-order valence-electron chi connectivity index (χ4n) is 8.19. The minimum atomic E-state index is -3.95. The van der Waals surface area contributed by atoms with Crippen LogP contribution in [0, 0.1) is 11.3 Å². The molecule has 1 saturated carbocycles. The number of hydrogen-bond acceptors (Lipinski definition) is 7. The molecule has 6 rings (SSSR count). The molecule has 8 nitrogen and oxygen atoms in total. The second-order valence-corrected chi connectivity index (χ2v) is 16.0. The number of ether oxygens (including phenoxy) is 1. The summed E-state index contributed by atoms with van der Waals surface area (Å²) in [6.45, 7) is 5.17. The van der Waals surface area contributed by atoms with Gasteiger partial charge in [0.05, 0.1) is 24.2 Å². The van der Waals surface area contributed by atoms with E-state index in [2.05, 4.69) is 22.6 Å². The van der Waals surface area contributed by atoms with Crippen molar-refractivity contribution in [3.05, 3.63) is 70.3 Å². The van der Waals surface area contributed by atoms with E-state index in [0.717, 1.165) is 37.8 Å². The highest BCUT2D eigenvalue weighted by molar-refractivity contribution is 7.90. The topological polar surface area (TPSA) is 116 Å². The molecule has 4 aliphatic rings. The SMILES string of the molecule is CC[C@@H]1CC/C=C/[C@](O)(CO)[C@@H]2CCC2(C)CN2C[C@@]3(CCCc4cc(Cl)ccc43)COc3ccc(cc32)C(=O)NS1(=O)=O. The van der Waals surface area contributed by atoms with Crippen LogP contribution in [0.2, 0.25) is 5.02 Å². The van der Waals surface area contributed by atoms with Gasteiger partial charge in [-0.2, -0.15) is 0 Å². The third kappa shape index (κ3) is 5.54. The Morgan fingerprint density at radius 1 is 1.14 bits per heavy atom. The third-order valence-electron chi connectivity index (χ3n) is 10.7. The highest BCUT2D eigenvalue weighted by atomic mass is 35.5. The summed E-state index contributed by atoms with van der Waals surface area (Å²) in [6.07, 6.45) is 8.94. The second-order valence-electron chi connectivity index (χ2n) is 13.6. The molecule has 2 aromatic rings. The number of halogens is 1. The first-order valence-corrected chi connectivity index (χ1v) is 17.7. The Labute approximate surface area is 265 Å². The molecule has 0 saturated heterocycles. The standard InChI is InChI=1S/C34H43ClN2O6S/c1-3-26-8-4-5-15-34(40,21-38)30-13-16-32(30,2)19-37-20-33(14-6-7-23-17-25(35)10-11-27(23)33)22-43-29-12-9-24(18-28(29)37)31(39)36-44(26,41)42/h5,9-12,15,17-18,26,30,38,40H,3-4,6-8,13-14,16,19-22H2,1-2H3,(H,36,39)/b15-5+/t26-,30-,32?,33+,34+/m1/s1. The van der Waals surface area contributed by atoms with E-state index in [-0.39, 0.29) is 22.3 Å². The van der Waals surface area contributed by atoms with Crippen LogP contribution in [0.5, 0.6) is 5.75 Å². The Bertz CT molecular complexity index is 1580. The molecule has 0 radical (unpaired) electrons. The van der Waals surface area contributed by atoms with Gasteiger partial charge in [-0.25, -0.2) is 13.1 Å². The van der Waals surface area contributed by atoms with Crippen LogP contribution in [0.1, 0.15) is 80.3 Å². The molecule has 44 heavy (non-hydrogen) atoms. The van der Waals surface area contributed by atoms with Crippen LogP contribution in [0.3, 0.4) is 0 Å². The molecule has 238 valence electrons. The number of aliphatic hydroxyl groups excluding tert-OH is 1. The predicted molar refractivity (Wildman–Crippen MR) is 172 cm³/mol. The number of nitrogens with zero attached hydrogens (tertiary/aromatic N) is 1. The van der Waals surface area contributed by atoms with Crippen LogP contribution in [0.25, 0.3) is 0 Å². The molecule has 2 aromatic carbocycles. The molecular formula is C34H43ClN2O6S. The van der Waals surface area contributed by atoms with E-state index in [1.165, 1.54) is 11.1 Å². The van der Waals surface area contributed by atoms with Crippen molar-refractivity contribution in [3.8, 4) is 5.75 Å². The largest absolute Gasteiger partial charge is 0.490 e. The first kappa shape index (κ1) is 31.4. The van der Waals surface area contributed by atoms with E-state index < -0.39 is 33.4 Å². The molecule has 1 fully saturated rings. The van der Waals surface area contributed by atoms with Gasteiger partial charge in [-0.05, 0) is 98.2 Å². The van der Waals surface area contributed by atoms with Crippen LogP contribution >= 0.6 is 11.6 Å². The summed E-state index contributed by atoms with van der Waals surface area (Å²) in [4.78, 5) is 15.7. The first-order chi connectivity index (χ1) is 20.9. The Hall–Kier alpha value is -2.59. The normalized spacial score (nSPS) is 34.0. The van der Waals surface area contributed by atoms with Crippen molar-refractivity contribution >= 4 is 33.2 Å². The smallest absolute Gasteiger partial charge is 0.264 e. The van der Waals surface area contributed by atoms with E-state index in [9.17, 15) is 23.4 Å². The summed E-state index contributed by atoms with van der Waals surface area (Å²) in [5, 5.41) is 22.2. The average Bonchev–Trinajstić information content (AvgIpc) is 3.12. The molecule has 10 heteroatoms. The summed E-state index contributed by atoms with van der Waals surface area (Å²) in [6, 6.07) is 11.2. The lowest BCUT2D eigenvalue weighted by Gasteiger charge is -2.55. The average molecular weight is 643 g/mol. The summed E-state index contributed by atoms with van der Waals surface area (Å²) in [7, 11) is -3.95. The molecule has 2 aliphatic heterocycles. The zero-order valence-corrected chi connectivity index (χ0v) is 27.1. The number of rotatable bonds is 2. The van der Waals surface area contributed by atoms with Crippen molar-refractivity contribution in [2.24, 2.45) is 11.3 Å². The van der Waals surface area contributed by atoms with Gasteiger partial charge in [-0.1, -0.05) is 43.7 Å². The summed E-state index contributed by atoms with van der Waals surface area (Å²) < 4.78 is 35.4. The molecule has 5 atom stereocenters. The second kappa shape index (κ2) is 11.6. The van der Waals surface area contributed by atoms with E-state index in [0.29, 0.717) is 49.7 Å². The van der Waals surface area contributed by atoms with Crippen molar-refractivity contribution in [2.45, 2.75) is 81.5 Å². The number of carbonyl (C=O) groups is 1. The van der Waals surface area contributed by atoms with Crippen LogP contribution < -0.4 is 14.4 Å². The van der Waals surface area contributed by atoms with Gasteiger partial charge in [0.1, 0.15) is 11.4 Å². The molecule has 2 heterocycles. The van der Waals surface area contributed by atoms with Gasteiger partial charge >= 0.3 is 0 Å². The van der Waals surface area contributed by atoms with Crippen molar-refractivity contribution < 1.29 is 28.2 Å². The Morgan fingerprint density at radius 2 is 1.95 bits per heavy atom. The van der Waals surface area contributed by atoms with Gasteiger partial charge in [0.25, 0.3) is 5.91 Å². The van der Waals surface area contributed by atoms with Crippen LogP contribution in [-0.4, -0.2) is 61.7 Å². The van der Waals surface area contributed by atoms with E-state index in [1.54, 1.807) is 37.3 Å². The number of hydrogen-bond donors (Lipinski definition) is 3. The van der Waals surface area contributed by atoms with E-state index >= 15 is 0 Å². The molecule has 3 N–H and O–H groups in total. The number of fused-ring (bicyclic) bond motifs is 4. The lowest BCUT2D eigenvalue weighted by Crippen LogP contribution is -2.59. The number of carbonyl (C=O) groups excluding carboxylic acids is 1. The summed E-state index contributed by atoms with van der Waals surface area (Å²) in [5.41, 5.74) is 1.30. The Kier molecular flexibility index (Phi) is 8.31. The van der Waals surface area contributed by atoms with Gasteiger partial charge in [0, 0.05) is 35.0 Å². The monoisotopic (exact) mass is 642 g/mol. The quantitative estimate of drug-likeness (QED) is 0.389.